The molecule has 0 bridgehead atoms. The summed E-state index contributed by atoms with van der Waals surface area (Å²) in [6.07, 6.45) is 1.78. The highest BCUT2D eigenvalue weighted by atomic mass is 35.5. The Morgan fingerprint density at radius 1 is 1.44 bits per heavy atom. The Morgan fingerprint density at radius 3 is 2.78 bits per heavy atom. The number of amides is 1. The minimum atomic E-state index is -0.190. The topological polar surface area (TPSA) is 59.0 Å². The van der Waals surface area contributed by atoms with Crippen LogP contribution in [0.25, 0.3) is 0 Å². The molecular weight excluding hydrogens is 272 g/mol. The van der Waals surface area contributed by atoms with Crippen LogP contribution in [0, 0.1) is 6.92 Å². The molecule has 0 N–H and O–H groups in total. The minimum absolute atomic E-state index is 0.190. The van der Waals surface area contributed by atoms with E-state index in [1.165, 1.54) is 0 Å². The fourth-order valence-corrected chi connectivity index (χ4v) is 2.36. The minimum Gasteiger partial charge on any atom is -0.335 e. The summed E-state index contributed by atoms with van der Waals surface area (Å²) in [6, 6.07) is 3.11. The van der Waals surface area contributed by atoms with Crippen molar-refractivity contribution in [3.05, 3.63) is 39.1 Å². The van der Waals surface area contributed by atoms with E-state index in [9.17, 15) is 4.79 Å². The van der Waals surface area contributed by atoms with Gasteiger partial charge in [-0.2, -0.15) is 0 Å². The number of thiazole rings is 1. The summed E-state index contributed by atoms with van der Waals surface area (Å²) >= 11 is 7.19. The van der Waals surface area contributed by atoms with E-state index in [1.54, 1.807) is 41.6 Å². The number of aryl methyl sites for hydroxylation is 1. The first kappa shape index (κ1) is 12.9. The maximum Gasteiger partial charge on any atom is 0.274 e. The first-order valence-corrected chi connectivity index (χ1v) is 6.41. The second-order valence-corrected chi connectivity index (χ2v) is 5.45. The van der Waals surface area contributed by atoms with Gasteiger partial charge in [0.15, 0.2) is 10.8 Å². The number of halogens is 1. The molecule has 0 spiro atoms. The van der Waals surface area contributed by atoms with Gasteiger partial charge in [-0.25, -0.2) is 4.98 Å². The molecule has 1 amide bonds. The zero-order chi connectivity index (χ0) is 13.1. The normalized spacial score (nSPS) is 10.4. The third kappa shape index (κ3) is 3.02. The van der Waals surface area contributed by atoms with Gasteiger partial charge in [0.05, 0.1) is 11.6 Å². The van der Waals surface area contributed by atoms with Crippen molar-refractivity contribution in [1.29, 1.82) is 0 Å². The summed E-state index contributed by atoms with van der Waals surface area (Å²) in [4.78, 5) is 18.8. The monoisotopic (exact) mass is 282 g/mol. The molecule has 7 heteroatoms. The fourth-order valence-electron chi connectivity index (χ4n) is 1.41. The summed E-state index contributed by atoms with van der Waals surface area (Å²) in [5.74, 6) is -0.190. The molecule has 0 aromatic carbocycles. The van der Waals surface area contributed by atoms with Crippen LogP contribution in [0.1, 0.15) is 20.4 Å². The van der Waals surface area contributed by atoms with Gasteiger partial charge < -0.3 is 4.90 Å². The van der Waals surface area contributed by atoms with E-state index in [2.05, 4.69) is 15.2 Å². The first-order valence-electron chi connectivity index (χ1n) is 5.22. The number of hydrogen-bond donors (Lipinski definition) is 0. The van der Waals surface area contributed by atoms with Crippen LogP contribution >= 0.6 is 22.9 Å². The predicted octanol–water partition coefficient (Wildman–Crippen LogP) is 2.17. The Balaban J connectivity index is 2.07. The van der Waals surface area contributed by atoms with Crippen molar-refractivity contribution in [1.82, 2.24) is 20.1 Å². The molecular formula is C11H11ClN4OS. The van der Waals surface area contributed by atoms with E-state index in [1.807, 2.05) is 6.92 Å². The van der Waals surface area contributed by atoms with Crippen LogP contribution in [0.4, 0.5) is 0 Å². The van der Waals surface area contributed by atoms with E-state index < -0.39 is 0 Å². The van der Waals surface area contributed by atoms with Gasteiger partial charge in [-0.05, 0) is 19.1 Å². The highest BCUT2D eigenvalue weighted by Gasteiger charge is 2.14. The summed E-state index contributed by atoms with van der Waals surface area (Å²) in [6.45, 7) is 2.44. The van der Waals surface area contributed by atoms with Crippen LogP contribution in [0.15, 0.2) is 18.3 Å². The van der Waals surface area contributed by atoms with Crippen LogP contribution in [-0.2, 0) is 6.54 Å². The molecule has 2 aromatic rings. The number of carbonyl (C=O) groups is 1. The first-order chi connectivity index (χ1) is 8.56. The molecule has 0 saturated carbocycles. The Bertz CT molecular complexity index is 554. The average molecular weight is 283 g/mol. The summed E-state index contributed by atoms with van der Waals surface area (Å²) < 4.78 is 0. The molecule has 0 aliphatic heterocycles. The Labute approximate surface area is 113 Å². The molecule has 0 aliphatic rings. The molecule has 18 heavy (non-hydrogen) atoms. The number of hydrogen-bond acceptors (Lipinski definition) is 5. The van der Waals surface area contributed by atoms with Crippen molar-refractivity contribution in [3.63, 3.8) is 0 Å². The Morgan fingerprint density at radius 2 is 2.22 bits per heavy atom. The predicted molar refractivity (Wildman–Crippen MR) is 69.7 cm³/mol. The number of aromatic nitrogens is 3. The van der Waals surface area contributed by atoms with Gasteiger partial charge >= 0.3 is 0 Å². The van der Waals surface area contributed by atoms with E-state index in [0.717, 1.165) is 9.88 Å². The van der Waals surface area contributed by atoms with Gasteiger partial charge in [0.25, 0.3) is 5.91 Å². The molecule has 5 nitrogen and oxygen atoms in total. The van der Waals surface area contributed by atoms with Crippen molar-refractivity contribution in [2.75, 3.05) is 7.05 Å². The van der Waals surface area contributed by atoms with Crippen LogP contribution in [0.5, 0.6) is 0 Å². The van der Waals surface area contributed by atoms with Gasteiger partial charge in [0, 0.05) is 18.1 Å². The van der Waals surface area contributed by atoms with Crippen molar-refractivity contribution in [2.45, 2.75) is 13.5 Å². The highest BCUT2D eigenvalue weighted by molar-refractivity contribution is 7.11. The van der Waals surface area contributed by atoms with Crippen LogP contribution in [-0.4, -0.2) is 33.0 Å². The van der Waals surface area contributed by atoms with Crippen molar-refractivity contribution >= 4 is 28.8 Å². The van der Waals surface area contributed by atoms with E-state index in [4.69, 9.17) is 11.6 Å². The molecule has 94 valence electrons. The standard InChI is InChI=1S/C11H11ClN4OS/c1-7-13-5-8(18-7)6-16(2)11(17)9-3-4-10(12)15-14-9/h3-5H,6H2,1-2H3. The van der Waals surface area contributed by atoms with E-state index in [-0.39, 0.29) is 16.8 Å². The van der Waals surface area contributed by atoms with Gasteiger partial charge in [-0.1, -0.05) is 11.6 Å². The summed E-state index contributed by atoms with van der Waals surface area (Å²) in [5.41, 5.74) is 0.281. The molecule has 2 aromatic heterocycles. The van der Waals surface area contributed by atoms with E-state index >= 15 is 0 Å². The maximum atomic E-state index is 12.0. The molecule has 2 heterocycles. The van der Waals surface area contributed by atoms with Crippen molar-refractivity contribution in [3.8, 4) is 0 Å². The summed E-state index contributed by atoms with van der Waals surface area (Å²) in [7, 11) is 1.72. The van der Waals surface area contributed by atoms with Crippen LogP contribution in [0.3, 0.4) is 0 Å². The summed E-state index contributed by atoms with van der Waals surface area (Å²) in [5, 5.41) is 8.67. The van der Waals surface area contributed by atoms with E-state index in [0.29, 0.717) is 6.54 Å². The smallest absolute Gasteiger partial charge is 0.274 e. The Hall–Kier alpha value is -1.53. The Kier molecular flexibility index (Phi) is 3.88. The van der Waals surface area contributed by atoms with Gasteiger partial charge in [0.1, 0.15) is 0 Å². The largest absolute Gasteiger partial charge is 0.335 e. The number of nitrogens with zero attached hydrogens (tertiary/aromatic N) is 4. The quantitative estimate of drug-likeness (QED) is 0.866. The van der Waals surface area contributed by atoms with Crippen LogP contribution in [0.2, 0.25) is 5.15 Å². The molecule has 2 rings (SSSR count). The molecule has 0 aliphatic carbocycles. The van der Waals surface area contributed by atoms with Crippen LogP contribution < -0.4 is 0 Å². The number of carbonyl (C=O) groups excluding carboxylic acids is 1. The maximum absolute atomic E-state index is 12.0. The second-order valence-electron chi connectivity index (χ2n) is 3.75. The van der Waals surface area contributed by atoms with Gasteiger partial charge in [-0.15, -0.1) is 21.5 Å². The zero-order valence-corrected chi connectivity index (χ0v) is 11.5. The lowest BCUT2D eigenvalue weighted by molar-refractivity contribution is 0.0779. The van der Waals surface area contributed by atoms with Crippen molar-refractivity contribution < 1.29 is 4.79 Å². The fraction of sp³-hybridized carbons (Fsp3) is 0.273. The molecule has 0 unspecified atom stereocenters. The lowest BCUT2D eigenvalue weighted by atomic mass is 10.3. The average Bonchev–Trinajstić information content (AvgIpc) is 2.75. The zero-order valence-electron chi connectivity index (χ0n) is 9.92. The lowest BCUT2D eigenvalue weighted by Gasteiger charge is -2.14. The van der Waals surface area contributed by atoms with Gasteiger partial charge in [-0.3, -0.25) is 4.79 Å². The SMILES string of the molecule is Cc1ncc(CN(C)C(=O)c2ccc(Cl)nn2)s1. The second kappa shape index (κ2) is 5.41. The molecule has 0 radical (unpaired) electrons. The third-order valence-corrected chi connectivity index (χ3v) is 3.36. The lowest BCUT2D eigenvalue weighted by Crippen LogP contribution is -2.26. The molecule has 0 fully saturated rings. The molecule has 0 atom stereocenters. The highest BCUT2D eigenvalue weighted by Crippen LogP contribution is 2.14. The third-order valence-electron chi connectivity index (χ3n) is 2.26. The van der Waals surface area contributed by atoms with Crippen molar-refractivity contribution in [2.24, 2.45) is 0 Å². The molecule has 0 saturated heterocycles. The number of rotatable bonds is 3. The van der Waals surface area contributed by atoms with Gasteiger partial charge in [0.2, 0.25) is 0 Å².